The molecular weight excluding hydrogens is 337 g/mol. The summed E-state index contributed by atoms with van der Waals surface area (Å²) in [6, 6.07) is 12.4. The van der Waals surface area contributed by atoms with Gasteiger partial charge in [-0.2, -0.15) is 0 Å². The number of para-hydroxylation sites is 1. The van der Waals surface area contributed by atoms with Crippen LogP contribution in [0, 0.1) is 12.7 Å². The van der Waals surface area contributed by atoms with Crippen LogP contribution in [0.15, 0.2) is 48.5 Å². The SMILES string of the molecule is COC(=O)c1c(COC(=O)c2ccc(F)cc2)nc2ccccc2c1C. The second-order valence-electron chi connectivity index (χ2n) is 5.65. The number of methoxy groups -OCH3 is 1. The van der Waals surface area contributed by atoms with Crippen LogP contribution in [0.4, 0.5) is 4.39 Å². The van der Waals surface area contributed by atoms with Gasteiger partial charge in [-0.25, -0.2) is 19.0 Å². The number of hydrogen-bond donors (Lipinski definition) is 0. The predicted molar refractivity (Wildman–Crippen MR) is 93.3 cm³/mol. The van der Waals surface area contributed by atoms with Gasteiger partial charge < -0.3 is 9.47 Å². The number of fused-ring (bicyclic) bond motifs is 1. The second-order valence-corrected chi connectivity index (χ2v) is 5.65. The first kappa shape index (κ1) is 17.5. The summed E-state index contributed by atoms with van der Waals surface area (Å²) < 4.78 is 23.1. The number of pyridine rings is 1. The minimum atomic E-state index is -0.631. The number of nitrogens with zero attached hydrogens (tertiary/aromatic N) is 1. The van der Waals surface area contributed by atoms with Crippen LogP contribution in [0.2, 0.25) is 0 Å². The van der Waals surface area contributed by atoms with E-state index in [-0.39, 0.29) is 17.7 Å². The van der Waals surface area contributed by atoms with Crippen LogP contribution in [0.25, 0.3) is 10.9 Å². The van der Waals surface area contributed by atoms with Gasteiger partial charge in [0.2, 0.25) is 0 Å². The molecule has 0 saturated carbocycles. The maximum absolute atomic E-state index is 13.0. The quantitative estimate of drug-likeness (QED) is 0.667. The Labute approximate surface area is 149 Å². The number of hydrogen-bond acceptors (Lipinski definition) is 5. The number of rotatable bonds is 4. The van der Waals surface area contributed by atoms with Crippen LogP contribution < -0.4 is 0 Å². The topological polar surface area (TPSA) is 65.5 Å². The number of ether oxygens (including phenoxy) is 2. The Morgan fingerprint density at radius 3 is 2.42 bits per heavy atom. The summed E-state index contributed by atoms with van der Waals surface area (Å²) in [4.78, 5) is 28.8. The highest BCUT2D eigenvalue weighted by Gasteiger charge is 2.20. The molecular formula is C20H16FNO4. The molecule has 0 atom stereocenters. The Bertz CT molecular complexity index is 983. The Balaban J connectivity index is 1.94. The maximum atomic E-state index is 13.0. The van der Waals surface area contributed by atoms with Crippen molar-refractivity contribution in [2.45, 2.75) is 13.5 Å². The molecule has 0 saturated heterocycles. The third-order valence-corrected chi connectivity index (χ3v) is 4.04. The van der Waals surface area contributed by atoms with Crippen molar-refractivity contribution in [1.82, 2.24) is 4.98 Å². The Morgan fingerprint density at radius 2 is 1.73 bits per heavy atom. The van der Waals surface area contributed by atoms with Crippen LogP contribution in [-0.4, -0.2) is 24.0 Å². The van der Waals surface area contributed by atoms with Crippen molar-refractivity contribution in [3.05, 3.63) is 76.7 Å². The average Bonchev–Trinajstić information content (AvgIpc) is 2.66. The Morgan fingerprint density at radius 1 is 1.04 bits per heavy atom. The third kappa shape index (κ3) is 3.39. The monoisotopic (exact) mass is 353 g/mol. The summed E-state index contributed by atoms with van der Waals surface area (Å²) in [5.41, 5.74) is 2.19. The minimum Gasteiger partial charge on any atom is -0.465 e. The standard InChI is InChI=1S/C20H16FNO4/c1-12-15-5-3-4-6-16(15)22-17(18(12)20(24)25-2)11-26-19(23)13-7-9-14(21)10-8-13/h3-10H,11H2,1-2H3. The van der Waals surface area contributed by atoms with Crippen LogP contribution >= 0.6 is 0 Å². The summed E-state index contributed by atoms with van der Waals surface area (Å²) in [5.74, 6) is -1.62. The first-order chi connectivity index (χ1) is 12.5. The molecule has 1 aromatic heterocycles. The molecule has 2 aromatic carbocycles. The van der Waals surface area contributed by atoms with Crippen molar-refractivity contribution in [2.24, 2.45) is 0 Å². The van der Waals surface area contributed by atoms with E-state index in [2.05, 4.69) is 4.98 Å². The number of carbonyl (C=O) groups is 2. The molecule has 3 aromatic rings. The molecule has 0 spiro atoms. The van der Waals surface area contributed by atoms with Crippen molar-refractivity contribution in [2.75, 3.05) is 7.11 Å². The van der Waals surface area contributed by atoms with E-state index < -0.39 is 17.8 Å². The van der Waals surface area contributed by atoms with Gasteiger partial charge in [0.1, 0.15) is 12.4 Å². The zero-order valence-electron chi connectivity index (χ0n) is 14.3. The normalized spacial score (nSPS) is 10.6. The lowest BCUT2D eigenvalue weighted by Crippen LogP contribution is -2.14. The number of esters is 2. The van der Waals surface area contributed by atoms with Gasteiger partial charge in [0.25, 0.3) is 0 Å². The second kappa shape index (κ2) is 7.31. The number of halogens is 1. The van der Waals surface area contributed by atoms with Gasteiger partial charge in [-0.1, -0.05) is 18.2 Å². The summed E-state index contributed by atoms with van der Waals surface area (Å²) >= 11 is 0. The van der Waals surface area contributed by atoms with Gasteiger partial charge in [-0.15, -0.1) is 0 Å². The lowest BCUT2D eigenvalue weighted by Gasteiger charge is -2.13. The van der Waals surface area contributed by atoms with Gasteiger partial charge in [-0.3, -0.25) is 0 Å². The van der Waals surface area contributed by atoms with Crippen LogP contribution in [-0.2, 0) is 16.1 Å². The number of carbonyl (C=O) groups excluding carboxylic acids is 2. The van der Waals surface area contributed by atoms with Crippen molar-refractivity contribution >= 4 is 22.8 Å². The molecule has 0 radical (unpaired) electrons. The summed E-state index contributed by atoms with van der Waals surface area (Å²) in [7, 11) is 1.28. The van der Waals surface area contributed by atoms with Crippen molar-refractivity contribution < 1.29 is 23.5 Å². The minimum absolute atomic E-state index is 0.202. The zero-order valence-corrected chi connectivity index (χ0v) is 14.3. The highest BCUT2D eigenvalue weighted by molar-refractivity contribution is 5.98. The summed E-state index contributed by atoms with van der Waals surface area (Å²) in [5, 5.41) is 0.821. The van der Waals surface area contributed by atoms with E-state index in [0.717, 1.165) is 5.39 Å². The predicted octanol–water partition coefficient (Wildman–Crippen LogP) is 3.83. The molecule has 132 valence electrons. The first-order valence-electron chi connectivity index (χ1n) is 7.90. The fourth-order valence-electron chi connectivity index (χ4n) is 2.72. The smallest absolute Gasteiger partial charge is 0.340 e. The molecule has 6 heteroatoms. The maximum Gasteiger partial charge on any atom is 0.340 e. The van der Waals surface area contributed by atoms with E-state index in [4.69, 9.17) is 9.47 Å². The van der Waals surface area contributed by atoms with Crippen molar-refractivity contribution in [1.29, 1.82) is 0 Å². The van der Waals surface area contributed by atoms with Gasteiger partial charge in [-0.05, 0) is 42.8 Å². The van der Waals surface area contributed by atoms with E-state index in [9.17, 15) is 14.0 Å². The summed E-state index contributed by atoms with van der Waals surface area (Å²) in [6.45, 7) is 1.59. The molecule has 0 amide bonds. The molecule has 3 rings (SSSR count). The van der Waals surface area contributed by atoms with E-state index in [1.54, 1.807) is 6.92 Å². The zero-order chi connectivity index (χ0) is 18.7. The molecule has 0 unspecified atom stereocenters. The molecule has 5 nitrogen and oxygen atoms in total. The lowest BCUT2D eigenvalue weighted by atomic mass is 10.0. The van der Waals surface area contributed by atoms with E-state index in [1.807, 2.05) is 24.3 Å². The Hall–Kier alpha value is -3.28. The number of benzene rings is 2. The Kier molecular flexibility index (Phi) is 4.93. The van der Waals surface area contributed by atoms with Gasteiger partial charge in [0, 0.05) is 5.39 Å². The van der Waals surface area contributed by atoms with Gasteiger partial charge >= 0.3 is 11.9 Å². The number of aryl methyl sites for hydroxylation is 1. The number of aromatic nitrogens is 1. The van der Waals surface area contributed by atoms with E-state index >= 15 is 0 Å². The largest absolute Gasteiger partial charge is 0.465 e. The fourth-order valence-corrected chi connectivity index (χ4v) is 2.72. The van der Waals surface area contributed by atoms with Gasteiger partial charge in [0.05, 0.1) is 29.4 Å². The molecule has 0 bridgehead atoms. The lowest BCUT2D eigenvalue weighted by molar-refractivity contribution is 0.0455. The van der Waals surface area contributed by atoms with E-state index in [0.29, 0.717) is 16.8 Å². The molecule has 0 aliphatic rings. The highest BCUT2D eigenvalue weighted by Crippen LogP contribution is 2.24. The molecule has 26 heavy (non-hydrogen) atoms. The average molecular weight is 353 g/mol. The van der Waals surface area contributed by atoms with Gasteiger partial charge in [0.15, 0.2) is 0 Å². The molecule has 0 fully saturated rings. The summed E-state index contributed by atoms with van der Waals surface area (Å²) in [6.07, 6.45) is 0. The van der Waals surface area contributed by atoms with E-state index in [1.165, 1.54) is 31.4 Å². The van der Waals surface area contributed by atoms with Crippen LogP contribution in [0.1, 0.15) is 32.0 Å². The van der Waals surface area contributed by atoms with Crippen LogP contribution in [0.3, 0.4) is 0 Å². The van der Waals surface area contributed by atoms with Crippen molar-refractivity contribution in [3.8, 4) is 0 Å². The molecule has 1 heterocycles. The fraction of sp³-hybridized carbons (Fsp3) is 0.150. The molecule has 0 N–H and O–H groups in total. The van der Waals surface area contributed by atoms with Crippen LogP contribution in [0.5, 0.6) is 0 Å². The highest BCUT2D eigenvalue weighted by atomic mass is 19.1. The third-order valence-electron chi connectivity index (χ3n) is 4.04. The molecule has 0 aliphatic carbocycles. The first-order valence-corrected chi connectivity index (χ1v) is 7.90. The molecule has 0 aliphatic heterocycles. The van der Waals surface area contributed by atoms with Crippen molar-refractivity contribution in [3.63, 3.8) is 0 Å².